The standard InChI is InChI=1S/C14H19NO2.C2H6/c1-2-17-13(16)14(8-10-15-11-9-14)12-6-4-3-5-7-12;1-2/h3-7,15H,2,8-11H2,1H3;1-2H3. The maximum absolute atomic E-state index is 12.3. The monoisotopic (exact) mass is 263 g/mol. The fourth-order valence-corrected chi connectivity index (χ4v) is 2.49. The number of benzene rings is 1. The minimum absolute atomic E-state index is 0.0762. The molecular formula is C16H25NO2. The van der Waals surface area contributed by atoms with Crippen molar-refractivity contribution in [3.05, 3.63) is 35.9 Å². The molecule has 1 heterocycles. The van der Waals surface area contributed by atoms with Gasteiger partial charge in [0.1, 0.15) is 0 Å². The van der Waals surface area contributed by atoms with Crippen LogP contribution >= 0.6 is 0 Å². The van der Waals surface area contributed by atoms with E-state index < -0.39 is 5.41 Å². The van der Waals surface area contributed by atoms with Gasteiger partial charge in [-0.15, -0.1) is 0 Å². The summed E-state index contributed by atoms with van der Waals surface area (Å²) in [6.07, 6.45) is 1.63. The van der Waals surface area contributed by atoms with Crippen molar-refractivity contribution in [1.82, 2.24) is 5.32 Å². The lowest BCUT2D eigenvalue weighted by molar-refractivity contribution is -0.151. The fraction of sp³-hybridized carbons (Fsp3) is 0.562. The molecule has 1 aliphatic rings. The van der Waals surface area contributed by atoms with Crippen molar-refractivity contribution in [3.63, 3.8) is 0 Å². The van der Waals surface area contributed by atoms with Gasteiger partial charge in [-0.3, -0.25) is 4.79 Å². The van der Waals surface area contributed by atoms with Gasteiger partial charge >= 0.3 is 5.97 Å². The first-order valence-corrected chi connectivity index (χ1v) is 7.23. The van der Waals surface area contributed by atoms with Crippen LogP contribution in [-0.4, -0.2) is 25.7 Å². The van der Waals surface area contributed by atoms with Crippen LogP contribution in [0.4, 0.5) is 0 Å². The Bertz CT molecular complexity index is 370. The molecule has 0 bridgehead atoms. The zero-order valence-electron chi connectivity index (χ0n) is 12.2. The molecule has 1 aromatic rings. The number of esters is 1. The molecule has 0 spiro atoms. The molecule has 0 amide bonds. The first-order chi connectivity index (χ1) is 9.29. The van der Waals surface area contributed by atoms with Gasteiger partial charge in [0.25, 0.3) is 0 Å². The van der Waals surface area contributed by atoms with Gasteiger partial charge in [0.05, 0.1) is 12.0 Å². The zero-order chi connectivity index (χ0) is 14.1. The van der Waals surface area contributed by atoms with Gasteiger partial charge in [-0.25, -0.2) is 0 Å². The summed E-state index contributed by atoms with van der Waals surface area (Å²) in [6.45, 7) is 8.04. The predicted molar refractivity (Wildman–Crippen MR) is 78.2 cm³/mol. The highest BCUT2D eigenvalue weighted by molar-refractivity contribution is 5.83. The van der Waals surface area contributed by atoms with Crippen LogP contribution in [0.1, 0.15) is 39.2 Å². The third kappa shape index (κ3) is 3.57. The number of ether oxygens (including phenoxy) is 1. The highest BCUT2D eigenvalue weighted by atomic mass is 16.5. The molecule has 1 aliphatic heterocycles. The van der Waals surface area contributed by atoms with E-state index in [1.54, 1.807) is 0 Å². The van der Waals surface area contributed by atoms with E-state index in [1.807, 2.05) is 51.1 Å². The average molecular weight is 263 g/mol. The molecule has 0 aromatic heterocycles. The Morgan fingerprint density at radius 3 is 2.32 bits per heavy atom. The molecule has 19 heavy (non-hydrogen) atoms. The van der Waals surface area contributed by atoms with Gasteiger partial charge in [-0.2, -0.15) is 0 Å². The van der Waals surface area contributed by atoms with Gasteiger partial charge in [-0.05, 0) is 38.4 Å². The number of piperidine rings is 1. The largest absolute Gasteiger partial charge is 0.465 e. The van der Waals surface area contributed by atoms with Crippen LogP contribution in [0.3, 0.4) is 0 Å². The Hall–Kier alpha value is -1.35. The first-order valence-electron chi connectivity index (χ1n) is 7.23. The minimum atomic E-state index is -0.442. The van der Waals surface area contributed by atoms with Crippen LogP contribution in [-0.2, 0) is 14.9 Å². The number of hydrogen-bond donors (Lipinski definition) is 1. The lowest BCUT2D eigenvalue weighted by Crippen LogP contribution is -2.46. The molecular weight excluding hydrogens is 238 g/mol. The van der Waals surface area contributed by atoms with Crippen LogP contribution in [0, 0.1) is 0 Å². The Morgan fingerprint density at radius 1 is 1.21 bits per heavy atom. The van der Waals surface area contributed by atoms with Crippen molar-refractivity contribution in [1.29, 1.82) is 0 Å². The molecule has 2 rings (SSSR count). The van der Waals surface area contributed by atoms with E-state index in [0.29, 0.717) is 6.61 Å². The molecule has 1 N–H and O–H groups in total. The summed E-state index contributed by atoms with van der Waals surface area (Å²) in [5, 5.41) is 3.30. The Balaban J connectivity index is 0.000000861. The summed E-state index contributed by atoms with van der Waals surface area (Å²) in [6, 6.07) is 10.0. The molecule has 3 heteroatoms. The number of nitrogens with one attached hydrogen (secondary N) is 1. The normalized spacial score (nSPS) is 17.0. The third-order valence-electron chi connectivity index (χ3n) is 3.45. The van der Waals surface area contributed by atoms with Crippen molar-refractivity contribution in [2.45, 2.75) is 39.0 Å². The Morgan fingerprint density at radius 2 is 1.79 bits per heavy atom. The maximum atomic E-state index is 12.3. The van der Waals surface area contributed by atoms with Gasteiger partial charge in [0, 0.05) is 0 Å². The number of rotatable bonds is 3. The Labute approximate surface area is 116 Å². The van der Waals surface area contributed by atoms with Crippen LogP contribution in [0.25, 0.3) is 0 Å². The molecule has 0 saturated carbocycles. The van der Waals surface area contributed by atoms with E-state index in [2.05, 4.69) is 5.32 Å². The van der Waals surface area contributed by atoms with Crippen molar-refractivity contribution in [3.8, 4) is 0 Å². The molecule has 3 nitrogen and oxygen atoms in total. The zero-order valence-corrected chi connectivity index (χ0v) is 12.2. The van der Waals surface area contributed by atoms with Crippen molar-refractivity contribution in [2.24, 2.45) is 0 Å². The van der Waals surface area contributed by atoms with E-state index in [9.17, 15) is 4.79 Å². The third-order valence-corrected chi connectivity index (χ3v) is 3.45. The molecule has 0 aliphatic carbocycles. The van der Waals surface area contributed by atoms with Crippen molar-refractivity contribution >= 4 is 5.97 Å². The summed E-state index contributed by atoms with van der Waals surface area (Å²) in [7, 11) is 0. The van der Waals surface area contributed by atoms with E-state index in [1.165, 1.54) is 0 Å². The predicted octanol–water partition coefficient (Wildman–Crippen LogP) is 2.90. The van der Waals surface area contributed by atoms with Crippen LogP contribution in [0.15, 0.2) is 30.3 Å². The second-order valence-electron chi connectivity index (χ2n) is 4.42. The minimum Gasteiger partial charge on any atom is -0.465 e. The van der Waals surface area contributed by atoms with Gasteiger partial charge in [0.15, 0.2) is 0 Å². The molecule has 0 unspecified atom stereocenters. The van der Waals surface area contributed by atoms with E-state index in [-0.39, 0.29) is 5.97 Å². The molecule has 1 saturated heterocycles. The summed E-state index contributed by atoms with van der Waals surface area (Å²) >= 11 is 0. The van der Waals surface area contributed by atoms with Crippen LogP contribution < -0.4 is 5.32 Å². The summed E-state index contributed by atoms with van der Waals surface area (Å²) in [5.41, 5.74) is 0.641. The fourth-order valence-electron chi connectivity index (χ4n) is 2.49. The molecule has 106 valence electrons. The lowest BCUT2D eigenvalue weighted by atomic mass is 9.73. The van der Waals surface area contributed by atoms with E-state index >= 15 is 0 Å². The second kappa shape index (κ2) is 7.95. The number of carbonyl (C=O) groups is 1. The molecule has 1 fully saturated rings. The second-order valence-corrected chi connectivity index (χ2v) is 4.42. The lowest BCUT2D eigenvalue weighted by Gasteiger charge is -2.35. The van der Waals surface area contributed by atoms with E-state index in [4.69, 9.17) is 4.74 Å². The molecule has 0 radical (unpaired) electrons. The van der Waals surface area contributed by atoms with Gasteiger partial charge in [0.2, 0.25) is 0 Å². The number of carbonyl (C=O) groups excluding carboxylic acids is 1. The number of hydrogen-bond acceptors (Lipinski definition) is 3. The van der Waals surface area contributed by atoms with Gasteiger partial charge in [-0.1, -0.05) is 44.2 Å². The molecule has 1 aromatic carbocycles. The van der Waals surface area contributed by atoms with Crippen LogP contribution in [0.5, 0.6) is 0 Å². The quantitative estimate of drug-likeness (QED) is 0.852. The first kappa shape index (κ1) is 15.7. The molecule has 0 atom stereocenters. The van der Waals surface area contributed by atoms with Crippen molar-refractivity contribution < 1.29 is 9.53 Å². The van der Waals surface area contributed by atoms with Crippen LogP contribution in [0.2, 0.25) is 0 Å². The summed E-state index contributed by atoms with van der Waals surface area (Å²) < 4.78 is 5.27. The highest BCUT2D eigenvalue weighted by Crippen LogP contribution is 2.34. The smallest absolute Gasteiger partial charge is 0.316 e. The average Bonchev–Trinajstić information content (AvgIpc) is 2.51. The van der Waals surface area contributed by atoms with Gasteiger partial charge < -0.3 is 10.1 Å². The van der Waals surface area contributed by atoms with E-state index in [0.717, 1.165) is 31.5 Å². The van der Waals surface area contributed by atoms with Crippen molar-refractivity contribution in [2.75, 3.05) is 19.7 Å². The summed E-state index contributed by atoms with van der Waals surface area (Å²) in [4.78, 5) is 12.3. The highest BCUT2D eigenvalue weighted by Gasteiger charge is 2.42. The maximum Gasteiger partial charge on any atom is 0.316 e. The Kier molecular flexibility index (Phi) is 6.57. The SMILES string of the molecule is CC.CCOC(=O)C1(c2ccccc2)CCNCC1. The summed E-state index contributed by atoms with van der Waals surface area (Å²) in [5.74, 6) is -0.0762. The topological polar surface area (TPSA) is 38.3 Å².